The van der Waals surface area contributed by atoms with Crippen molar-refractivity contribution >= 4 is 49.9 Å². The van der Waals surface area contributed by atoms with Crippen LogP contribution in [0.15, 0.2) is 53.6 Å². The molecular formula is C24H23F2IN4O4S. The number of anilines is 2. The number of hydrogen-bond donors (Lipinski definition) is 3. The number of aryl methyl sites for hydroxylation is 1. The molecule has 0 spiro atoms. The van der Waals surface area contributed by atoms with Gasteiger partial charge in [-0.15, -0.1) is 0 Å². The van der Waals surface area contributed by atoms with Crippen molar-refractivity contribution in [1.82, 2.24) is 15.2 Å². The molecule has 1 amide bonds. The molecule has 1 aliphatic carbocycles. The molecule has 1 heterocycles. The molecule has 0 saturated heterocycles. The zero-order chi connectivity index (χ0) is 25.9. The van der Waals surface area contributed by atoms with Gasteiger partial charge in [0, 0.05) is 27.7 Å². The number of pyridine rings is 1. The summed E-state index contributed by atoms with van der Waals surface area (Å²) in [6.45, 7) is 1.83. The van der Waals surface area contributed by atoms with E-state index in [2.05, 4.69) is 43.1 Å². The van der Waals surface area contributed by atoms with Crippen LogP contribution < -0.4 is 15.5 Å². The Morgan fingerprint density at radius 2 is 1.86 bits per heavy atom. The number of sulfonamides is 1. The number of aromatic nitrogens is 1. The number of rotatable bonds is 10. The highest BCUT2D eigenvalue weighted by molar-refractivity contribution is 14.1. The third-order valence-corrected chi connectivity index (χ3v) is 7.55. The topological polar surface area (TPSA) is 109 Å². The van der Waals surface area contributed by atoms with E-state index in [4.69, 9.17) is 4.84 Å². The summed E-state index contributed by atoms with van der Waals surface area (Å²) < 4.78 is 59.4. The smallest absolute Gasteiger partial charge is 0.277 e. The van der Waals surface area contributed by atoms with Gasteiger partial charge in [-0.2, -0.15) is 0 Å². The molecule has 0 atom stereocenters. The van der Waals surface area contributed by atoms with E-state index in [-0.39, 0.29) is 13.2 Å². The van der Waals surface area contributed by atoms with Crippen LogP contribution in [0.5, 0.6) is 0 Å². The van der Waals surface area contributed by atoms with Crippen molar-refractivity contribution in [3.05, 3.63) is 80.7 Å². The Kier molecular flexibility index (Phi) is 8.17. The number of carbonyl (C=O) groups excluding carboxylic acids is 1. The molecule has 36 heavy (non-hydrogen) atoms. The summed E-state index contributed by atoms with van der Waals surface area (Å²) in [5.41, 5.74) is 2.89. The van der Waals surface area contributed by atoms with E-state index in [9.17, 15) is 13.2 Å². The van der Waals surface area contributed by atoms with Gasteiger partial charge in [0.15, 0.2) is 11.6 Å². The van der Waals surface area contributed by atoms with Gasteiger partial charge < -0.3 is 5.32 Å². The Bertz CT molecular complexity index is 1380. The van der Waals surface area contributed by atoms with Crippen molar-refractivity contribution in [3.63, 3.8) is 0 Å². The first-order valence-electron chi connectivity index (χ1n) is 11.0. The van der Waals surface area contributed by atoms with Crippen molar-refractivity contribution in [2.45, 2.75) is 31.2 Å². The molecule has 1 fully saturated rings. The number of halogens is 3. The summed E-state index contributed by atoms with van der Waals surface area (Å²) >= 11 is 2.09. The Morgan fingerprint density at radius 1 is 1.14 bits per heavy atom. The van der Waals surface area contributed by atoms with Crippen molar-refractivity contribution in [3.8, 4) is 0 Å². The number of nitrogens with one attached hydrogen (secondary N) is 3. The summed E-state index contributed by atoms with van der Waals surface area (Å²) in [4.78, 5) is 21.1. The van der Waals surface area contributed by atoms with Gasteiger partial charge in [-0.05, 0) is 96.3 Å². The van der Waals surface area contributed by atoms with E-state index in [0.29, 0.717) is 22.9 Å². The maximum absolute atomic E-state index is 15.3. The lowest BCUT2D eigenvalue weighted by molar-refractivity contribution is 0.0270. The van der Waals surface area contributed by atoms with Gasteiger partial charge in [-0.25, -0.2) is 27.4 Å². The normalized spacial score (nSPS) is 13.4. The van der Waals surface area contributed by atoms with Gasteiger partial charge in [-0.3, -0.25) is 14.6 Å². The van der Waals surface area contributed by atoms with E-state index in [1.54, 1.807) is 43.3 Å². The first-order valence-corrected chi connectivity index (χ1v) is 13.6. The zero-order valence-electron chi connectivity index (χ0n) is 19.1. The first-order chi connectivity index (χ1) is 17.1. The van der Waals surface area contributed by atoms with E-state index in [0.717, 1.165) is 22.5 Å². The highest BCUT2D eigenvalue weighted by atomic mass is 127. The molecule has 8 nitrogen and oxygen atoms in total. The van der Waals surface area contributed by atoms with Gasteiger partial charge >= 0.3 is 0 Å². The largest absolute Gasteiger partial charge is 0.352 e. The quantitative estimate of drug-likeness (QED) is 0.224. The van der Waals surface area contributed by atoms with Gasteiger partial charge in [0.25, 0.3) is 5.91 Å². The molecule has 3 N–H and O–H groups in total. The van der Waals surface area contributed by atoms with Crippen LogP contribution in [0.4, 0.5) is 20.2 Å². The van der Waals surface area contributed by atoms with Gasteiger partial charge in [0.1, 0.15) is 4.90 Å². The highest BCUT2D eigenvalue weighted by Crippen LogP contribution is 2.32. The lowest BCUT2D eigenvalue weighted by Crippen LogP contribution is -2.28. The maximum atomic E-state index is 15.3. The van der Waals surface area contributed by atoms with Crippen molar-refractivity contribution < 1.29 is 26.8 Å². The highest BCUT2D eigenvalue weighted by Gasteiger charge is 2.30. The molecule has 190 valence electrons. The van der Waals surface area contributed by atoms with Gasteiger partial charge in [-0.1, -0.05) is 0 Å². The van der Waals surface area contributed by atoms with Crippen LogP contribution in [-0.4, -0.2) is 25.9 Å². The number of hydrogen-bond acceptors (Lipinski definition) is 6. The average molecular weight is 628 g/mol. The monoisotopic (exact) mass is 628 g/mol. The zero-order valence-corrected chi connectivity index (χ0v) is 22.1. The van der Waals surface area contributed by atoms with Crippen LogP contribution in [0.25, 0.3) is 0 Å². The molecule has 1 aromatic heterocycles. The molecule has 0 radical (unpaired) electrons. The number of carbonyl (C=O) groups is 1. The van der Waals surface area contributed by atoms with Crippen molar-refractivity contribution in [2.24, 2.45) is 5.92 Å². The predicted molar refractivity (Wildman–Crippen MR) is 138 cm³/mol. The standard InChI is InChI=1S/C24H23F2IN4O4S/c1-14-10-16(8-9-28-14)12-29-36(33,34)20-11-19(24(32)31-35-13-15-2-3-15)23(22(26)21(20)25)30-18-6-4-17(27)5-7-18/h4-11,15,29-30H,2-3,12-13H2,1H3,(H,31,32). The van der Waals surface area contributed by atoms with Crippen molar-refractivity contribution in [2.75, 3.05) is 11.9 Å². The fraction of sp³-hybridized carbons (Fsp3) is 0.250. The molecule has 2 aromatic carbocycles. The summed E-state index contributed by atoms with van der Waals surface area (Å²) in [6, 6.07) is 10.8. The maximum Gasteiger partial charge on any atom is 0.277 e. The van der Waals surface area contributed by atoms with Crippen LogP contribution >= 0.6 is 22.6 Å². The van der Waals surface area contributed by atoms with E-state index in [1.165, 1.54) is 6.20 Å². The molecular weight excluding hydrogens is 605 g/mol. The van der Waals surface area contributed by atoms with Crippen LogP contribution in [0.1, 0.15) is 34.5 Å². The molecule has 1 saturated carbocycles. The number of amides is 1. The second kappa shape index (κ2) is 11.2. The van der Waals surface area contributed by atoms with Gasteiger partial charge in [0.05, 0.1) is 17.9 Å². The van der Waals surface area contributed by atoms with Crippen LogP contribution in [0.3, 0.4) is 0 Å². The van der Waals surface area contributed by atoms with Crippen LogP contribution in [-0.2, 0) is 21.4 Å². The van der Waals surface area contributed by atoms with Crippen LogP contribution in [0, 0.1) is 28.0 Å². The Balaban J connectivity index is 1.67. The van der Waals surface area contributed by atoms with E-state index in [1.807, 2.05) is 0 Å². The molecule has 0 aliphatic heterocycles. The molecule has 1 aliphatic rings. The fourth-order valence-corrected chi connectivity index (χ4v) is 4.78. The summed E-state index contributed by atoms with van der Waals surface area (Å²) in [7, 11) is -4.53. The van der Waals surface area contributed by atoms with E-state index < -0.39 is 43.7 Å². The Morgan fingerprint density at radius 3 is 2.53 bits per heavy atom. The second-order valence-electron chi connectivity index (χ2n) is 8.37. The molecule has 0 unspecified atom stereocenters. The third-order valence-electron chi connectivity index (χ3n) is 5.43. The molecule has 3 aromatic rings. The Hall–Kier alpha value is -2.68. The second-order valence-corrected chi connectivity index (χ2v) is 11.4. The molecule has 12 heteroatoms. The lowest BCUT2D eigenvalue weighted by Gasteiger charge is -2.17. The average Bonchev–Trinajstić information content (AvgIpc) is 3.66. The van der Waals surface area contributed by atoms with Gasteiger partial charge in [0.2, 0.25) is 10.0 Å². The Labute approximate surface area is 221 Å². The lowest BCUT2D eigenvalue weighted by atomic mass is 10.1. The SMILES string of the molecule is Cc1cc(CNS(=O)(=O)c2cc(C(=O)NOCC3CC3)c(Nc3ccc(I)cc3)c(F)c2F)ccn1. The number of hydroxylamine groups is 1. The predicted octanol–water partition coefficient (Wildman–Crippen LogP) is 4.57. The summed E-state index contributed by atoms with van der Waals surface area (Å²) in [5, 5.41) is 2.69. The third kappa shape index (κ3) is 6.55. The first kappa shape index (κ1) is 26.4. The van der Waals surface area contributed by atoms with E-state index >= 15 is 8.78 Å². The number of benzene rings is 2. The minimum atomic E-state index is -4.53. The minimum absolute atomic E-state index is 0.179. The fourth-order valence-electron chi connectivity index (χ4n) is 3.31. The number of nitrogens with zero attached hydrogens (tertiary/aromatic N) is 1. The molecule has 0 bridgehead atoms. The molecule has 4 rings (SSSR count). The minimum Gasteiger partial charge on any atom is -0.352 e. The summed E-state index contributed by atoms with van der Waals surface area (Å²) in [5.74, 6) is -3.71. The van der Waals surface area contributed by atoms with Crippen molar-refractivity contribution in [1.29, 1.82) is 0 Å². The van der Waals surface area contributed by atoms with Crippen LogP contribution in [0.2, 0.25) is 0 Å². The summed E-state index contributed by atoms with van der Waals surface area (Å²) in [6.07, 6.45) is 3.46.